The van der Waals surface area contributed by atoms with Crippen LogP contribution < -0.4 is 0 Å². The van der Waals surface area contributed by atoms with E-state index in [1.54, 1.807) is 13.1 Å². The molecular formula is C12H16N2O. The average Bonchev–Trinajstić information content (AvgIpc) is 2.61. The van der Waals surface area contributed by atoms with Gasteiger partial charge in [0.15, 0.2) is 0 Å². The van der Waals surface area contributed by atoms with Gasteiger partial charge in [-0.05, 0) is 31.4 Å². The molecule has 2 atom stereocenters. The largest absolute Gasteiger partial charge is 0.333 e. The van der Waals surface area contributed by atoms with Crippen LogP contribution in [0, 0.1) is 0 Å². The van der Waals surface area contributed by atoms with Crippen LogP contribution >= 0.6 is 0 Å². The van der Waals surface area contributed by atoms with Crippen molar-refractivity contribution in [2.24, 2.45) is 0 Å². The van der Waals surface area contributed by atoms with Crippen LogP contribution in [-0.2, 0) is 4.79 Å². The molecule has 1 aliphatic rings. The summed E-state index contributed by atoms with van der Waals surface area (Å²) in [5, 5.41) is 0. The second-order valence-electron chi connectivity index (χ2n) is 4.15. The van der Waals surface area contributed by atoms with Gasteiger partial charge in [0.25, 0.3) is 0 Å². The number of likely N-dealkylation sites (tertiary alicyclic amines) is 1. The first-order valence-electron chi connectivity index (χ1n) is 5.39. The summed E-state index contributed by atoms with van der Waals surface area (Å²) in [6.07, 6.45) is 5.75. The number of amides is 1. The van der Waals surface area contributed by atoms with Gasteiger partial charge >= 0.3 is 0 Å². The molecule has 0 aliphatic carbocycles. The Kier molecular flexibility index (Phi) is 2.71. The summed E-state index contributed by atoms with van der Waals surface area (Å²) in [5.41, 5.74) is 1.15. The van der Waals surface area contributed by atoms with Crippen molar-refractivity contribution in [1.82, 2.24) is 9.88 Å². The van der Waals surface area contributed by atoms with Crippen molar-refractivity contribution in [1.29, 1.82) is 0 Å². The summed E-state index contributed by atoms with van der Waals surface area (Å²) in [4.78, 5) is 17.6. The van der Waals surface area contributed by atoms with Gasteiger partial charge < -0.3 is 4.90 Å². The first-order chi connectivity index (χ1) is 7.20. The number of hydrogen-bond acceptors (Lipinski definition) is 2. The highest BCUT2D eigenvalue weighted by Gasteiger charge is 2.33. The van der Waals surface area contributed by atoms with E-state index in [1.165, 1.54) is 0 Å². The zero-order valence-electron chi connectivity index (χ0n) is 9.18. The maximum absolute atomic E-state index is 11.5. The monoisotopic (exact) mass is 204 g/mol. The summed E-state index contributed by atoms with van der Waals surface area (Å²) < 4.78 is 0. The van der Waals surface area contributed by atoms with Gasteiger partial charge in [-0.1, -0.05) is 6.07 Å². The Labute approximate surface area is 90.1 Å². The number of carbonyl (C=O) groups excluding carboxylic acids is 1. The molecule has 80 valence electrons. The maximum Gasteiger partial charge on any atom is 0.220 e. The van der Waals surface area contributed by atoms with E-state index in [4.69, 9.17) is 0 Å². The van der Waals surface area contributed by atoms with Crippen molar-refractivity contribution < 1.29 is 4.79 Å². The smallest absolute Gasteiger partial charge is 0.220 e. The van der Waals surface area contributed by atoms with Crippen molar-refractivity contribution in [2.75, 3.05) is 0 Å². The first kappa shape index (κ1) is 10.1. The molecule has 0 radical (unpaired) electrons. The highest BCUT2D eigenvalue weighted by Crippen LogP contribution is 2.35. The van der Waals surface area contributed by atoms with Crippen LogP contribution in [0.4, 0.5) is 0 Å². The predicted octanol–water partition coefficient (Wildman–Crippen LogP) is 2.15. The van der Waals surface area contributed by atoms with Crippen molar-refractivity contribution in [3.8, 4) is 0 Å². The third-order valence-corrected chi connectivity index (χ3v) is 3.10. The molecule has 0 N–H and O–H groups in total. The minimum Gasteiger partial charge on any atom is -0.333 e. The summed E-state index contributed by atoms with van der Waals surface area (Å²) in [5.74, 6) is 0.161. The van der Waals surface area contributed by atoms with Crippen LogP contribution in [0.5, 0.6) is 0 Å². The Morgan fingerprint density at radius 1 is 1.53 bits per heavy atom. The molecule has 1 fully saturated rings. The number of hydrogen-bond donors (Lipinski definition) is 0. The highest BCUT2D eigenvalue weighted by atomic mass is 16.2. The molecule has 0 saturated carbocycles. The number of aromatic nitrogens is 1. The van der Waals surface area contributed by atoms with E-state index in [2.05, 4.69) is 11.9 Å². The number of pyridine rings is 1. The van der Waals surface area contributed by atoms with Gasteiger partial charge in [0.2, 0.25) is 5.91 Å². The van der Waals surface area contributed by atoms with Gasteiger partial charge in [0.1, 0.15) is 0 Å². The van der Waals surface area contributed by atoms with Crippen LogP contribution in [0.2, 0.25) is 0 Å². The van der Waals surface area contributed by atoms with Crippen LogP contribution in [0.15, 0.2) is 24.5 Å². The fraction of sp³-hybridized carbons (Fsp3) is 0.500. The molecule has 1 saturated heterocycles. The van der Waals surface area contributed by atoms with E-state index >= 15 is 0 Å². The molecule has 1 aromatic rings. The van der Waals surface area contributed by atoms with E-state index in [0.717, 1.165) is 18.4 Å². The molecule has 2 heterocycles. The van der Waals surface area contributed by atoms with Crippen LogP contribution in [0.3, 0.4) is 0 Å². The second kappa shape index (κ2) is 4.01. The fourth-order valence-corrected chi connectivity index (χ4v) is 2.41. The normalized spacial score (nSPS) is 25.6. The molecule has 0 aromatic carbocycles. The standard InChI is InChI=1S/C12H16N2O/c1-9-5-6-12(14(9)10(2)15)11-4-3-7-13-8-11/h3-4,7-9,12H,5-6H2,1-2H3/t9-,12+/m0/s1. The van der Waals surface area contributed by atoms with Crippen LogP contribution in [0.1, 0.15) is 38.3 Å². The number of rotatable bonds is 1. The summed E-state index contributed by atoms with van der Waals surface area (Å²) >= 11 is 0. The Morgan fingerprint density at radius 3 is 2.93 bits per heavy atom. The van der Waals surface area contributed by atoms with Crippen molar-refractivity contribution in [3.05, 3.63) is 30.1 Å². The Bertz CT molecular complexity index is 350. The molecule has 15 heavy (non-hydrogen) atoms. The highest BCUT2D eigenvalue weighted by molar-refractivity contribution is 5.74. The average molecular weight is 204 g/mol. The fourth-order valence-electron chi connectivity index (χ4n) is 2.41. The van der Waals surface area contributed by atoms with Crippen LogP contribution in [-0.4, -0.2) is 21.8 Å². The molecule has 3 nitrogen and oxygen atoms in total. The quantitative estimate of drug-likeness (QED) is 0.702. The van der Waals surface area contributed by atoms with Crippen molar-refractivity contribution >= 4 is 5.91 Å². The lowest BCUT2D eigenvalue weighted by Crippen LogP contribution is -2.33. The molecule has 0 spiro atoms. The topological polar surface area (TPSA) is 33.2 Å². The molecule has 1 aliphatic heterocycles. The van der Waals surface area contributed by atoms with Crippen LogP contribution in [0.25, 0.3) is 0 Å². The lowest BCUT2D eigenvalue weighted by Gasteiger charge is -2.27. The van der Waals surface area contributed by atoms with E-state index in [0.29, 0.717) is 6.04 Å². The third kappa shape index (κ3) is 1.87. The van der Waals surface area contributed by atoms with Gasteiger partial charge in [-0.2, -0.15) is 0 Å². The lowest BCUT2D eigenvalue weighted by molar-refractivity contribution is -0.131. The maximum atomic E-state index is 11.5. The number of nitrogens with zero attached hydrogens (tertiary/aromatic N) is 2. The summed E-state index contributed by atoms with van der Waals surface area (Å²) in [7, 11) is 0. The van der Waals surface area contributed by atoms with E-state index in [1.807, 2.05) is 23.2 Å². The third-order valence-electron chi connectivity index (χ3n) is 3.10. The van der Waals surface area contributed by atoms with Gasteiger partial charge in [-0.15, -0.1) is 0 Å². The van der Waals surface area contributed by atoms with E-state index in [9.17, 15) is 4.79 Å². The molecule has 1 amide bonds. The molecule has 1 aromatic heterocycles. The van der Waals surface area contributed by atoms with E-state index < -0.39 is 0 Å². The predicted molar refractivity (Wildman–Crippen MR) is 58.2 cm³/mol. The van der Waals surface area contributed by atoms with Gasteiger partial charge in [-0.25, -0.2) is 0 Å². The second-order valence-corrected chi connectivity index (χ2v) is 4.15. The van der Waals surface area contributed by atoms with Crippen molar-refractivity contribution in [3.63, 3.8) is 0 Å². The SMILES string of the molecule is CC(=O)N1[C@@H](c2cccnc2)CC[C@@H]1C. The molecule has 0 unspecified atom stereocenters. The zero-order valence-corrected chi connectivity index (χ0v) is 9.18. The van der Waals surface area contributed by atoms with Gasteiger partial charge in [-0.3, -0.25) is 9.78 Å². The molecule has 3 heteroatoms. The molecular weight excluding hydrogens is 188 g/mol. The van der Waals surface area contributed by atoms with Gasteiger partial charge in [0, 0.05) is 25.4 Å². The van der Waals surface area contributed by atoms with Crippen molar-refractivity contribution in [2.45, 2.75) is 38.8 Å². The Morgan fingerprint density at radius 2 is 2.33 bits per heavy atom. The minimum absolute atomic E-state index is 0.161. The van der Waals surface area contributed by atoms with E-state index in [-0.39, 0.29) is 11.9 Å². The summed E-state index contributed by atoms with van der Waals surface area (Å²) in [6, 6.07) is 4.56. The first-order valence-corrected chi connectivity index (χ1v) is 5.39. The summed E-state index contributed by atoms with van der Waals surface area (Å²) in [6.45, 7) is 3.75. The Balaban J connectivity index is 2.26. The number of carbonyl (C=O) groups is 1. The molecule has 0 bridgehead atoms. The lowest BCUT2D eigenvalue weighted by atomic mass is 10.1. The minimum atomic E-state index is 0.161. The Hall–Kier alpha value is -1.38. The van der Waals surface area contributed by atoms with Gasteiger partial charge in [0.05, 0.1) is 6.04 Å². The zero-order chi connectivity index (χ0) is 10.8. The molecule has 2 rings (SSSR count).